The van der Waals surface area contributed by atoms with E-state index in [4.69, 9.17) is 10.6 Å². The monoisotopic (exact) mass is 247 g/mol. The van der Waals surface area contributed by atoms with Gasteiger partial charge in [0.1, 0.15) is 5.75 Å². The average molecular weight is 247 g/mol. The third-order valence-electron chi connectivity index (χ3n) is 2.91. The largest absolute Gasteiger partial charge is 0.496 e. The van der Waals surface area contributed by atoms with Gasteiger partial charge >= 0.3 is 0 Å². The fraction of sp³-hybridized carbons (Fsp3) is 0.333. The molecule has 96 valence electrons. The Balaban J connectivity index is 2.51. The minimum Gasteiger partial charge on any atom is -0.496 e. The Morgan fingerprint density at radius 1 is 1.44 bits per heavy atom. The molecule has 2 rings (SSSR count). The lowest BCUT2D eigenvalue weighted by Gasteiger charge is -2.19. The van der Waals surface area contributed by atoms with Crippen molar-refractivity contribution in [2.75, 3.05) is 7.11 Å². The van der Waals surface area contributed by atoms with Crippen LogP contribution in [0.4, 0.5) is 0 Å². The van der Waals surface area contributed by atoms with Crippen molar-refractivity contribution in [3.63, 3.8) is 0 Å². The number of hydrogen-bond acceptors (Lipinski definition) is 5. The highest BCUT2D eigenvalue weighted by molar-refractivity contribution is 5.42. The molecule has 0 bridgehead atoms. The minimum absolute atomic E-state index is 0.208. The van der Waals surface area contributed by atoms with Crippen LogP contribution in [-0.4, -0.2) is 22.1 Å². The summed E-state index contributed by atoms with van der Waals surface area (Å²) >= 11 is 0. The Kier molecular flexibility index (Phi) is 3.59. The van der Waals surface area contributed by atoms with E-state index in [-0.39, 0.29) is 6.04 Å². The summed E-state index contributed by atoms with van der Waals surface area (Å²) in [5, 5.41) is 7.79. The zero-order valence-corrected chi connectivity index (χ0v) is 10.7. The lowest BCUT2D eigenvalue weighted by atomic mass is 10.0. The van der Waals surface area contributed by atoms with Crippen molar-refractivity contribution >= 4 is 0 Å². The first-order valence-electron chi connectivity index (χ1n) is 5.62. The fourth-order valence-electron chi connectivity index (χ4n) is 1.97. The number of benzene rings is 1. The normalized spacial score (nSPS) is 12.4. The van der Waals surface area contributed by atoms with Crippen molar-refractivity contribution in [3.05, 3.63) is 41.2 Å². The third kappa shape index (κ3) is 2.20. The number of hydrogen-bond donors (Lipinski definition) is 2. The standard InChI is InChI=1S/C12H17N5O/c1-8-4-5-11(18-3)9(6-8)12(15-13)10-7-14-16-17(10)2/h4-7,12,15H,13H2,1-3H3. The van der Waals surface area contributed by atoms with E-state index in [0.29, 0.717) is 0 Å². The van der Waals surface area contributed by atoms with Crippen LogP contribution in [0.2, 0.25) is 0 Å². The first-order chi connectivity index (χ1) is 8.67. The number of rotatable bonds is 4. The Morgan fingerprint density at radius 2 is 2.22 bits per heavy atom. The van der Waals surface area contributed by atoms with Crippen LogP contribution in [0.1, 0.15) is 22.9 Å². The van der Waals surface area contributed by atoms with Gasteiger partial charge in [0.15, 0.2) is 0 Å². The highest BCUT2D eigenvalue weighted by atomic mass is 16.5. The van der Waals surface area contributed by atoms with Crippen LogP contribution in [0, 0.1) is 6.92 Å². The van der Waals surface area contributed by atoms with Gasteiger partial charge in [-0.3, -0.25) is 10.5 Å². The summed E-state index contributed by atoms with van der Waals surface area (Å²) in [5.74, 6) is 6.45. The second-order valence-electron chi connectivity index (χ2n) is 4.13. The number of aryl methyl sites for hydroxylation is 2. The topological polar surface area (TPSA) is 78.0 Å². The molecule has 6 nitrogen and oxygen atoms in total. The number of aromatic nitrogens is 3. The number of hydrazine groups is 1. The van der Waals surface area contributed by atoms with Gasteiger partial charge in [0.25, 0.3) is 0 Å². The van der Waals surface area contributed by atoms with Crippen LogP contribution in [0.3, 0.4) is 0 Å². The predicted molar refractivity (Wildman–Crippen MR) is 67.9 cm³/mol. The van der Waals surface area contributed by atoms with Crippen LogP contribution in [-0.2, 0) is 7.05 Å². The molecule has 0 fully saturated rings. The van der Waals surface area contributed by atoms with E-state index in [1.807, 2.05) is 32.2 Å². The fourth-order valence-corrected chi connectivity index (χ4v) is 1.97. The molecule has 0 aliphatic heterocycles. The SMILES string of the molecule is COc1ccc(C)cc1C(NN)c1cnnn1C. The summed E-state index contributed by atoms with van der Waals surface area (Å²) in [6.45, 7) is 2.03. The second kappa shape index (κ2) is 5.16. The second-order valence-corrected chi connectivity index (χ2v) is 4.13. The summed E-state index contributed by atoms with van der Waals surface area (Å²) < 4.78 is 7.06. The molecule has 1 unspecified atom stereocenters. The molecule has 6 heteroatoms. The molecule has 1 heterocycles. The summed E-state index contributed by atoms with van der Waals surface area (Å²) in [6.07, 6.45) is 1.69. The number of methoxy groups -OCH3 is 1. The van der Waals surface area contributed by atoms with Gasteiger partial charge in [-0.1, -0.05) is 22.9 Å². The molecule has 1 aromatic carbocycles. The molecule has 3 N–H and O–H groups in total. The van der Waals surface area contributed by atoms with Crippen LogP contribution < -0.4 is 16.0 Å². The molecular formula is C12H17N5O. The maximum Gasteiger partial charge on any atom is 0.124 e. The number of ether oxygens (including phenoxy) is 1. The molecule has 0 saturated carbocycles. The van der Waals surface area contributed by atoms with Gasteiger partial charge in [-0.15, -0.1) is 5.10 Å². The smallest absolute Gasteiger partial charge is 0.124 e. The molecule has 0 aliphatic carbocycles. The summed E-state index contributed by atoms with van der Waals surface area (Å²) in [4.78, 5) is 0. The van der Waals surface area contributed by atoms with Crippen LogP contribution >= 0.6 is 0 Å². The molecule has 2 aromatic rings. The van der Waals surface area contributed by atoms with E-state index in [2.05, 4.69) is 15.7 Å². The highest BCUT2D eigenvalue weighted by Gasteiger charge is 2.20. The van der Waals surface area contributed by atoms with Crippen molar-refractivity contribution in [1.82, 2.24) is 20.4 Å². The Bertz CT molecular complexity index is 537. The molecule has 0 radical (unpaired) electrons. The van der Waals surface area contributed by atoms with Crippen molar-refractivity contribution in [3.8, 4) is 5.75 Å². The van der Waals surface area contributed by atoms with Gasteiger partial charge in [-0.2, -0.15) is 0 Å². The van der Waals surface area contributed by atoms with Gasteiger partial charge in [0.2, 0.25) is 0 Å². The van der Waals surface area contributed by atoms with E-state index in [1.165, 1.54) is 0 Å². The number of nitrogens with two attached hydrogens (primary N) is 1. The van der Waals surface area contributed by atoms with Crippen LogP contribution in [0.15, 0.2) is 24.4 Å². The Morgan fingerprint density at radius 3 is 2.78 bits per heavy atom. The van der Waals surface area contributed by atoms with Crippen molar-refractivity contribution < 1.29 is 4.74 Å². The third-order valence-corrected chi connectivity index (χ3v) is 2.91. The Hall–Kier alpha value is -1.92. The molecule has 0 amide bonds. The quantitative estimate of drug-likeness (QED) is 0.614. The number of nitrogens with one attached hydrogen (secondary N) is 1. The van der Waals surface area contributed by atoms with Gasteiger partial charge in [0.05, 0.1) is 25.0 Å². The molecule has 1 aromatic heterocycles. The maximum atomic E-state index is 5.66. The molecule has 0 spiro atoms. The minimum atomic E-state index is -0.208. The zero-order chi connectivity index (χ0) is 13.1. The van der Waals surface area contributed by atoms with Crippen LogP contribution in [0.5, 0.6) is 5.75 Å². The summed E-state index contributed by atoms with van der Waals surface area (Å²) in [5.41, 5.74) is 5.76. The van der Waals surface area contributed by atoms with Crippen molar-refractivity contribution in [2.24, 2.45) is 12.9 Å². The van der Waals surface area contributed by atoms with E-state index in [0.717, 1.165) is 22.6 Å². The van der Waals surface area contributed by atoms with Gasteiger partial charge < -0.3 is 4.74 Å². The van der Waals surface area contributed by atoms with Crippen molar-refractivity contribution in [2.45, 2.75) is 13.0 Å². The maximum absolute atomic E-state index is 5.66. The van der Waals surface area contributed by atoms with Gasteiger partial charge in [-0.25, -0.2) is 5.43 Å². The molecular weight excluding hydrogens is 230 g/mol. The molecule has 0 saturated heterocycles. The number of nitrogens with zero attached hydrogens (tertiary/aromatic N) is 3. The zero-order valence-electron chi connectivity index (χ0n) is 10.7. The van der Waals surface area contributed by atoms with E-state index in [9.17, 15) is 0 Å². The lowest BCUT2D eigenvalue weighted by Crippen LogP contribution is -2.30. The first-order valence-corrected chi connectivity index (χ1v) is 5.62. The first kappa shape index (κ1) is 12.5. The van der Waals surface area contributed by atoms with Crippen LogP contribution in [0.25, 0.3) is 0 Å². The molecule has 0 aliphatic rings. The predicted octanol–water partition coefficient (Wildman–Crippen LogP) is 0.685. The lowest BCUT2D eigenvalue weighted by molar-refractivity contribution is 0.402. The van der Waals surface area contributed by atoms with Gasteiger partial charge in [0, 0.05) is 12.6 Å². The van der Waals surface area contributed by atoms with Gasteiger partial charge in [-0.05, 0) is 13.0 Å². The van der Waals surface area contributed by atoms with E-state index in [1.54, 1.807) is 18.0 Å². The van der Waals surface area contributed by atoms with E-state index < -0.39 is 0 Å². The summed E-state index contributed by atoms with van der Waals surface area (Å²) in [7, 11) is 3.47. The average Bonchev–Trinajstić information content (AvgIpc) is 2.77. The van der Waals surface area contributed by atoms with Crippen molar-refractivity contribution in [1.29, 1.82) is 0 Å². The Labute approximate surface area is 106 Å². The summed E-state index contributed by atoms with van der Waals surface area (Å²) in [6, 6.07) is 5.76. The highest BCUT2D eigenvalue weighted by Crippen LogP contribution is 2.29. The molecule has 1 atom stereocenters. The molecule has 18 heavy (non-hydrogen) atoms. The van der Waals surface area contributed by atoms with E-state index >= 15 is 0 Å².